The number of aromatic amines is 1. The van der Waals surface area contributed by atoms with E-state index in [9.17, 15) is 9.59 Å². The number of nitrogens with one attached hydrogen (secondary N) is 1. The zero-order valence-electron chi connectivity index (χ0n) is 11.9. The van der Waals surface area contributed by atoms with Crippen molar-refractivity contribution in [1.82, 2.24) is 20.0 Å². The van der Waals surface area contributed by atoms with Crippen LogP contribution in [-0.4, -0.2) is 59.5 Å². The van der Waals surface area contributed by atoms with Crippen molar-refractivity contribution in [3.8, 4) is 0 Å². The third-order valence-electron chi connectivity index (χ3n) is 2.80. The molecule has 19 heavy (non-hydrogen) atoms. The molecular formula is C12H21N5O2. The number of aromatic nitrogens is 2. The van der Waals surface area contributed by atoms with Crippen molar-refractivity contribution >= 4 is 17.5 Å². The number of H-pyrrole nitrogens is 1. The van der Waals surface area contributed by atoms with Gasteiger partial charge in [-0.2, -0.15) is 5.10 Å². The quantitative estimate of drug-likeness (QED) is 0.791. The Morgan fingerprint density at radius 1 is 1.32 bits per heavy atom. The minimum atomic E-state index is -0.355. The van der Waals surface area contributed by atoms with Gasteiger partial charge >= 0.3 is 0 Å². The molecule has 1 heterocycles. The first kappa shape index (κ1) is 15.0. The number of carbonyl (C=O) groups excluding carboxylic acids is 2. The summed E-state index contributed by atoms with van der Waals surface area (Å²) in [6.45, 7) is 2.02. The number of hydrogen-bond acceptors (Lipinski definition) is 4. The molecule has 0 atom stereocenters. The summed E-state index contributed by atoms with van der Waals surface area (Å²) in [5.74, 6) is -0.509. The van der Waals surface area contributed by atoms with Crippen LogP contribution in [0.4, 0.5) is 5.69 Å². The van der Waals surface area contributed by atoms with Crippen molar-refractivity contribution in [1.29, 1.82) is 0 Å². The second-order valence-corrected chi connectivity index (χ2v) is 4.66. The summed E-state index contributed by atoms with van der Waals surface area (Å²) in [6.07, 6.45) is 1.65. The summed E-state index contributed by atoms with van der Waals surface area (Å²) >= 11 is 0. The largest absolute Gasteiger partial charge is 0.395 e. The van der Waals surface area contributed by atoms with Crippen LogP contribution in [0.2, 0.25) is 0 Å². The maximum absolute atomic E-state index is 12.1. The zero-order valence-corrected chi connectivity index (χ0v) is 11.9. The van der Waals surface area contributed by atoms with Gasteiger partial charge < -0.3 is 15.5 Å². The molecule has 106 valence electrons. The second-order valence-electron chi connectivity index (χ2n) is 4.66. The average molecular weight is 267 g/mol. The van der Waals surface area contributed by atoms with E-state index in [1.165, 1.54) is 9.80 Å². The number of nitrogens with two attached hydrogens (primary N) is 1. The summed E-state index contributed by atoms with van der Waals surface area (Å²) in [5.41, 5.74) is 7.19. The Hall–Kier alpha value is -2.05. The van der Waals surface area contributed by atoms with E-state index in [-0.39, 0.29) is 24.1 Å². The first-order chi connectivity index (χ1) is 8.88. The van der Waals surface area contributed by atoms with E-state index in [4.69, 9.17) is 5.73 Å². The first-order valence-corrected chi connectivity index (χ1v) is 6.16. The van der Waals surface area contributed by atoms with Crippen molar-refractivity contribution < 1.29 is 9.59 Å². The van der Waals surface area contributed by atoms with Crippen LogP contribution in [0.1, 0.15) is 29.5 Å². The van der Waals surface area contributed by atoms with Gasteiger partial charge in [-0.25, -0.2) is 0 Å². The number of hydrogen-bond donors (Lipinski definition) is 2. The number of carbonyl (C=O) groups is 2. The molecule has 0 saturated carbocycles. The Morgan fingerprint density at radius 2 is 1.95 bits per heavy atom. The smallest absolute Gasteiger partial charge is 0.276 e. The molecule has 0 aliphatic carbocycles. The van der Waals surface area contributed by atoms with Crippen LogP contribution in [0.25, 0.3) is 0 Å². The second kappa shape index (κ2) is 6.21. The Kier molecular flexibility index (Phi) is 4.91. The molecule has 1 rings (SSSR count). The van der Waals surface area contributed by atoms with Crippen LogP contribution >= 0.6 is 0 Å². The minimum absolute atomic E-state index is 0.00123. The molecule has 7 heteroatoms. The lowest BCUT2D eigenvalue weighted by Gasteiger charge is -2.18. The lowest BCUT2D eigenvalue weighted by atomic mass is 10.2. The van der Waals surface area contributed by atoms with E-state index in [0.29, 0.717) is 5.69 Å². The van der Waals surface area contributed by atoms with Gasteiger partial charge in [-0.1, -0.05) is 13.3 Å². The maximum atomic E-state index is 12.1. The summed E-state index contributed by atoms with van der Waals surface area (Å²) in [5, 5.41) is 6.71. The number of aryl methyl sites for hydroxylation is 1. The van der Waals surface area contributed by atoms with Gasteiger partial charge in [0.2, 0.25) is 5.91 Å². The number of amides is 2. The van der Waals surface area contributed by atoms with Gasteiger partial charge in [0.1, 0.15) is 0 Å². The summed E-state index contributed by atoms with van der Waals surface area (Å²) in [7, 11) is 4.84. The monoisotopic (exact) mass is 267 g/mol. The molecule has 0 fully saturated rings. The lowest BCUT2D eigenvalue weighted by molar-refractivity contribution is -0.129. The van der Waals surface area contributed by atoms with E-state index in [2.05, 4.69) is 10.2 Å². The summed E-state index contributed by atoms with van der Waals surface area (Å²) in [6, 6.07) is 0. The molecule has 0 unspecified atom stereocenters. The standard InChI is InChI=1S/C12H21N5O2/c1-5-6-8-10(13)11(15-14-8)12(19)17(4)7-9(18)16(2)3/h5-7,13H2,1-4H3,(H,14,15). The van der Waals surface area contributed by atoms with Crippen LogP contribution in [0.3, 0.4) is 0 Å². The Morgan fingerprint density at radius 3 is 2.47 bits per heavy atom. The van der Waals surface area contributed by atoms with Gasteiger partial charge in [0.05, 0.1) is 17.9 Å². The summed E-state index contributed by atoms with van der Waals surface area (Å²) < 4.78 is 0. The Labute approximate surface area is 112 Å². The van der Waals surface area contributed by atoms with Gasteiger partial charge in [-0.05, 0) is 6.42 Å². The van der Waals surface area contributed by atoms with Crippen molar-refractivity contribution in [2.24, 2.45) is 0 Å². The predicted molar refractivity (Wildman–Crippen MR) is 72.6 cm³/mol. The fourth-order valence-electron chi connectivity index (χ4n) is 1.59. The summed E-state index contributed by atoms with van der Waals surface area (Å²) in [4.78, 5) is 26.4. The normalized spacial score (nSPS) is 10.3. The highest BCUT2D eigenvalue weighted by Gasteiger charge is 2.22. The van der Waals surface area contributed by atoms with Crippen LogP contribution in [0, 0.1) is 0 Å². The van der Waals surface area contributed by atoms with Gasteiger partial charge in [0.15, 0.2) is 5.69 Å². The third kappa shape index (κ3) is 3.46. The Bertz CT molecular complexity index is 467. The zero-order chi connectivity index (χ0) is 14.6. The number of nitrogens with zero attached hydrogens (tertiary/aromatic N) is 3. The first-order valence-electron chi connectivity index (χ1n) is 6.16. The van der Waals surface area contributed by atoms with Crippen LogP contribution in [0.15, 0.2) is 0 Å². The van der Waals surface area contributed by atoms with E-state index in [0.717, 1.165) is 18.5 Å². The highest BCUT2D eigenvalue weighted by Crippen LogP contribution is 2.16. The highest BCUT2D eigenvalue weighted by molar-refractivity contribution is 5.99. The maximum Gasteiger partial charge on any atom is 0.276 e. The van der Waals surface area contributed by atoms with Crippen LogP contribution in [-0.2, 0) is 11.2 Å². The SMILES string of the molecule is CCCc1[nH]nc(C(=O)N(C)CC(=O)N(C)C)c1N. The van der Waals surface area contributed by atoms with Crippen molar-refractivity contribution in [3.05, 3.63) is 11.4 Å². The number of rotatable bonds is 5. The van der Waals surface area contributed by atoms with Gasteiger partial charge in [0, 0.05) is 21.1 Å². The molecule has 0 radical (unpaired) electrons. The van der Waals surface area contributed by atoms with E-state index >= 15 is 0 Å². The molecule has 2 amide bonds. The van der Waals surface area contributed by atoms with E-state index < -0.39 is 0 Å². The number of anilines is 1. The molecule has 7 nitrogen and oxygen atoms in total. The van der Waals surface area contributed by atoms with Gasteiger partial charge in [0.25, 0.3) is 5.91 Å². The van der Waals surface area contributed by atoms with Crippen molar-refractivity contribution in [2.45, 2.75) is 19.8 Å². The lowest BCUT2D eigenvalue weighted by Crippen LogP contribution is -2.38. The molecule has 3 N–H and O–H groups in total. The molecule has 0 aliphatic heterocycles. The third-order valence-corrected chi connectivity index (χ3v) is 2.80. The number of likely N-dealkylation sites (N-methyl/N-ethyl adjacent to an activating group) is 2. The van der Waals surface area contributed by atoms with Crippen LogP contribution < -0.4 is 5.73 Å². The Balaban J connectivity index is 2.80. The molecule has 1 aromatic heterocycles. The predicted octanol–water partition coefficient (Wildman–Crippen LogP) is 0.105. The fraction of sp³-hybridized carbons (Fsp3) is 0.583. The van der Waals surface area contributed by atoms with E-state index in [1.807, 2.05) is 6.92 Å². The topological polar surface area (TPSA) is 95.3 Å². The van der Waals surface area contributed by atoms with E-state index in [1.54, 1.807) is 21.1 Å². The van der Waals surface area contributed by atoms with Crippen LogP contribution in [0.5, 0.6) is 0 Å². The molecule has 0 spiro atoms. The highest BCUT2D eigenvalue weighted by atomic mass is 16.2. The van der Waals surface area contributed by atoms with Gasteiger partial charge in [-0.3, -0.25) is 14.7 Å². The fourth-order valence-corrected chi connectivity index (χ4v) is 1.59. The van der Waals surface area contributed by atoms with Gasteiger partial charge in [-0.15, -0.1) is 0 Å². The van der Waals surface area contributed by atoms with Crippen molar-refractivity contribution in [3.63, 3.8) is 0 Å². The minimum Gasteiger partial charge on any atom is -0.395 e. The number of nitrogen functional groups attached to an aromatic ring is 1. The average Bonchev–Trinajstić information content (AvgIpc) is 2.70. The van der Waals surface area contributed by atoms with Crippen molar-refractivity contribution in [2.75, 3.05) is 33.4 Å². The molecule has 1 aromatic rings. The molecule has 0 saturated heterocycles. The molecule has 0 aliphatic rings. The molecule has 0 bridgehead atoms. The molecular weight excluding hydrogens is 246 g/mol. The molecule has 0 aromatic carbocycles.